The van der Waals surface area contributed by atoms with Crippen molar-refractivity contribution in [1.29, 1.82) is 0 Å². The molecule has 15 heavy (non-hydrogen) atoms. The van der Waals surface area contributed by atoms with Gasteiger partial charge in [0, 0.05) is 26.7 Å². The Balaban J connectivity index is 2.37. The summed E-state index contributed by atoms with van der Waals surface area (Å²) in [6.45, 7) is 6.62. The van der Waals surface area contributed by atoms with Gasteiger partial charge in [-0.2, -0.15) is 0 Å². The maximum absolute atomic E-state index is 11.9. The number of hydrogen-bond acceptors (Lipinski definition) is 1. The molecule has 1 saturated carbocycles. The summed E-state index contributed by atoms with van der Waals surface area (Å²) in [7, 11) is 1.93. The Kier molecular flexibility index (Phi) is 4.92. The minimum atomic E-state index is 0.187. The van der Waals surface area contributed by atoms with Gasteiger partial charge in [-0.05, 0) is 32.6 Å². The fraction of sp³-hybridized carbons (Fsp3) is 0.917. The van der Waals surface area contributed by atoms with Gasteiger partial charge in [0.15, 0.2) is 0 Å². The predicted octanol–water partition coefficient (Wildman–Crippen LogP) is 2.57. The van der Waals surface area contributed by atoms with Crippen LogP contribution in [0.25, 0.3) is 0 Å². The van der Waals surface area contributed by atoms with Crippen molar-refractivity contribution in [1.82, 2.24) is 9.80 Å². The van der Waals surface area contributed by atoms with Crippen molar-refractivity contribution >= 4 is 6.03 Å². The molecule has 0 saturated heterocycles. The van der Waals surface area contributed by atoms with E-state index >= 15 is 0 Å². The third-order valence-corrected chi connectivity index (χ3v) is 3.37. The highest BCUT2D eigenvalue weighted by atomic mass is 16.2. The highest BCUT2D eigenvalue weighted by molar-refractivity contribution is 5.74. The number of carbonyl (C=O) groups is 1. The van der Waals surface area contributed by atoms with E-state index in [1.165, 1.54) is 25.7 Å². The minimum absolute atomic E-state index is 0.187. The first-order chi connectivity index (χ1) is 7.19. The highest BCUT2D eigenvalue weighted by Crippen LogP contribution is 2.25. The Morgan fingerprint density at radius 3 is 2.20 bits per heavy atom. The molecule has 1 rings (SSSR count). The van der Waals surface area contributed by atoms with Crippen LogP contribution in [0, 0.1) is 5.92 Å². The largest absolute Gasteiger partial charge is 0.327 e. The maximum Gasteiger partial charge on any atom is 0.319 e. The van der Waals surface area contributed by atoms with Crippen molar-refractivity contribution in [2.75, 3.05) is 26.7 Å². The molecule has 0 radical (unpaired) electrons. The average molecular weight is 212 g/mol. The second-order valence-electron chi connectivity index (χ2n) is 4.49. The second-order valence-corrected chi connectivity index (χ2v) is 4.49. The molecule has 3 nitrogen and oxygen atoms in total. The van der Waals surface area contributed by atoms with Crippen LogP contribution in [-0.2, 0) is 0 Å². The molecule has 0 bridgehead atoms. The van der Waals surface area contributed by atoms with Crippen LogP contribution in [0.2, 0.25) is 0 Å². The van der Waals surface area contributed by atoms with E-state index < -0.39 is 0 Å². The van der Waals surface area contributed by atoms with Crippen LogP contribution < -0.4 is 0 Å². The Morgan fingerprint density at radius 2 is 1.73 bits per heavy atom. The molecule has 1 aliphatic rings. The van der Waals surface area contributed by atoms with Gasteiger partial charge >= 0.3 is 6.03 Å². The Morgan fingerprint density at radius 1 is 1.20 bits per heavy atom. The van der Waals surface area contributed by atoms with Crippen LogP contribution in [-0.4, -0.2) is 42.5 Å². The molecule has 0 atom stereocenters. The standard InChI is InChI=1S/C12H24N2O/c1-4-14(5-2)12(15)13(3)10-11-8-6-7-9-11/h11H,4-10H2,1-3H3. The van der Waals surface area contributed by atoms with Crippen molar-refractivity contribution in [3.63, 3.8) is 0 Å². The summed E-state index contributed by atoms with van der Waals surface area (Å²) in [5, 5.41) is 0. The van der Waals surface area contributed by atoms with Crippen molar-refractivity contribution < 1.29 is 4.79 Å². The maximum atomic E-state index is 11.9. The number of hydrogen-bond donors (Lipinski definition) is 0. The van der Waals surface area contributed by atoms with Crippen molar-refractivity contribution in [2.45, 2.75) is 39.5 Å². The van der Waals surface area contributed by atoms with Crippen LogP contribution >= 0.6 is 0 Å². The Bertz CT molecular complexity index is 196. The third kappa shape index (κ3) is 3.40. The normalized spacial score (nSPS) is 16.7. The number of nitrogens with zero attached hydrogens (tertiary/aromatic N) is 2. The highest BCUT2D eigenvalue weighted by Gasteiger charge is 2.21. The van der Waals surface area contributed by atoms with E-state index in [0.29, 0.717) is 0 Å². The van der Waals surface area contributed by atoms with E-state index in [-0.39, 0.29) is 6.03 Å². The lowest BCUT2D eigenvalue weighted by Gasteiger charge is -2.28. The summed E-state index contributed by atoms with van der Waals surface area (Å²) in [4.78, 5) is 15.7. The molecule has 0 aromatic heterocycles. The minimum Gasteiger partial charge on any atom is -0.327 e. The molecule has 1 fully saturated rings. The zero-order valence-corrected chi connectivity index (χ0v) is 10.3. The Labute approximate surface area is 93.4 Å². The quantitative estimate of drug-likeness (QED) is 0.702. The van der Waals surface area contributed by atoms with E-state index in [1.54, 1.807) is 0 Å². The molecule has 88 valence electrons. The van der Waals surface area contributed by atoms with Crippen LogP contribution in [0.1, 0.15) is 39.5 Å². The van der Waals surface area contributed by atoms with E-state index in [4.69, 9.17) is 0 Å². The van der Waals surface area contributed by atoms with Crippen LogP contribution in [0.3, 0.4) is 0 Å². The van der Waals surface area contributed by atoms with Gasteiger partial charge in [0.1, 0.15) is 0 Å². The number of rotatable bonds is 4. The molecule has 0 aliphatic heterocycles. The lowest BCUT2D eigenvalue weighted by molar-refractivity contribution is 0.161. The lowest BCUT2D eigenvalue weighted by atomic mass is 10.1. The number of urea groups is 1. The second kappa shape index (κ2) is 5.99. The van der Waals surface area contributed by atoms with Gasteiger partial charge in [0.05, 0.1) is 0 Å². The summed E-state index contributed by atoms with van der Waals surface area (Å²) >= 11 is 0. The van der Waals surface area contributed by atoms with Crippen molar-refractivity contribution in [3.05, 3.63) is 0 Å². The Hall–Kier alpha value is -0.730. The third-order valence-electron chi connectivity index (χ3n) is 3.37. The van der Waals surface area contributed by atoms with Crippen LogP contribution in [0.15, 0.2) is 0 Å². The van der Waals surface area contributed by atoms with E-state index in [9.17, 15) is 4.79 Å². The van der Waals surface area contributed by atoms with Gasteiger partial charge in [-0.25, -0.2) is 4.79 Å². The molecule has 0 N–H and O–H groups in total. The van der Waals surface area contributed by atoms with E-state index in [1.807, 2.05) is 30.7 Å². The van der Waals surface area contributed by atoms with Crippen molar-refractivity contribution in [2.24, 2.45) is 5.92 Å². The number of amides is 2. The lowest BCUT2D eigenvalue weighted by Crippen LogP contribution is -2.42. The number of carbonyl (C=O) groups excluding carboxylic acids is 1. The molecular formula is C12H24N2O. The summed E-state index contributed by atoms with van der Waals surface area (Å²) in [6, 6.07) is 0.187. The zero-order valence-electron chi connectivity index (χ0n) is 10.3. The molecule has 0 spiro atoms. The molecule has 0 aromatic carbocycles. The zero-order chi connectivity index (χ0) is 11.3. The molecule has 3 heteroatoms. The van der Waals surface area contributed by atoms with Gasteiger partial charge in [0.25, 0.3) is 0 Å². The van der Waals surface area contributed by atoms with Gasteiger partial charge in [-0.1, -0.05) is 12.8 Å². The summed E-state index contributed by atoms with van der Waals surface area (Å²) < 4.78 is 0. The molecule has 2 amide bonds. The van der Waals surface area contributed by atoms with Gasteiger partial charge in [-0.15, -0.1) is 0 Å². The predicted molar refractivity (Wildman–Crippen MR) is 62.9 cm³/mol. The van der Waals surface area contributed by atoms with Gasteiger partial charge in [-0.3, -0.25) is 0 Å². The molecule has 1 aliphatic carbocycles. The molecular weight excluding hydrogens is 188 g/mol. The van der Waals surface area contributed by atoms with Crippen molar-refractivity contribution in [3.8, 4) is 0 Å². The monoisotopic (exact) mass is 212 g/mol. The average Bonchev–Trinajstić information content (AvgIpc) is 2.72. The first kappa shape index (κ1) is 12.3. The van der Waals surface area contributed by atoms with Gasteiger partial charge < -0.3 is 9.80 Å². The first-order valence-electron chi connectivity index (χ1n) is 6.19. The topological polar surface area (TPSA) is 23.6 Å². The van der Waals surface area contributed by atoms with E-state index in [2.05, 4.69) is 0 Å². The molecule has 0 aromatic rings. The molecule has 0 heterocycles. The smallest absolute Gasteiger partial charge is 0.319 e. The van der Waals surface area contributed by atoms with E-state index in [0.717, 1.165) is 25.6 Å². The first-order valence-corrected chi connectivity index (χ1v) is 6.19. The SMILES string of the molecule is CCN(CC)C(=O)N(C)CC1CCCC1. The van der Waals surface area contributed by atoms with Gasteiger partial charge in [0.2, 0.25) is 0 Å². The summed E-state index contributed by atoms with van der Waals surface area (Å²) in [5.74, 6) is 0.745. The fourth-order valence-electron chi connectivity index (χ4n) is 2.39. The van der Waals surface area contributed by atoms with Crippen LogP contribution in [0.5, 0.6) is 0 Å². The molecule has 0 unspecified atom stereocenters. The van der Waals surface area contributed by atoms with Crippen LogP contribution in [0.4, 0.5) is 4.79 Å². The summed E-state index contributed by atoms with van der Waals surface area (Å²) in [6.07, 6.45) is 5.29. The summed E-state index contributed by atoms with van der Waals surface area (Å²) in [5.41, 5.74) is 0. The fourth-order valence-corrected chi connectivity index (χ4v) is 2.39.